The van der Waals surface area contributed by atoms with Crippen LogP contribution < -0.4 is 5.32 Å². The fourth-order valence-electron chi connectivity index (χ4n) is 2.19. The number of unbranched alkanes of at least 4 members (excludes halogenated alkanes) is 1. The van der Waals surface area contributed by atoms with E-state index in [-0.39, 0.29) is 6.04 Å². The van der Waals surface area contributed by atoms with Gasteiger partial charge in [0, 0.05) is 12.6 Å². The van der Waals surface area contributed by atoms with E-state index in [4.69, 9.17) is 0 Å². The van der Waals surface area contributed by atoms with Crippen molar-refractivity contribution in [2.45, 2.75) is 65.0 Å². The number of hydrogen-bond donors (Lipinski definition) is 1. The highest BCUT2D eigenvalue weighted by Gasteiger charge is 2.28. The molecular formula is C13H26N2O. The first-order valence-electron chi connectivity index (χ1n) is 6.74. The van der Waals surface area contributed by atoms with E-state index in [0.717, 1.165) is 45.2 Å². The van der Waals surface area contributed by atoms with Crippen LogP contribution in [0.5, 0.6) is 0 Å². The number of nitrogens with zero attached hydrogens (tertiary/aromatic N) is 1. The largest absolute Gasteiger partial charge is 0.339 e. The third-order valence-corrected chi connectivity index (χ3v) is 3.52. The Labute approximate surface area is 99.6 Å². The van der Waals surface area contributed by atoms with Crippen LogP contribution in [0, 0.1) is 0 Å². The first kappa shape index (κ1) is 13.5. The zero-order chi connectivity index (χ0) is 12.0. The van der Waals surface area contributed by atoms with E-state index in [1.165, 1.54) is 0 Å². The summed E-state index contributed by atoms with van der Waals surface area (Å²) in [6, 6.07) is 0.465. The molecule has 3 nitrogen and oxygen atoms in total. The summed E-state index contributed by atoms with van der Waals surface area (Å²) in [6.07, 6.45) is 5.46. The molecule has 1 fully saturated rings. The first-order chi connectivity index (χ1) is 7.70. The maximum Gasteiger partial charge on any atom is 0.239 e. The van der Waals surface area contributed by atoms with Gasteiger partial charge in [-0.25, -0.2) is 0 Å². The van der Waals surface area contributed by atoms with Crippen LogP contribution in [0.3, 0.4) is 0 Å². The summed E-state index contributed by atoms with van der Waals surface area (Å²) < 4.78 is 0. The van der Waals surface area contributed by atoms with Crippen LogP contribution in [0.1, 0.15) is 52.9 Å². The molecule has 0 saturated carbocycles. The van der Waals surface area contributed by atoms with Crippen molar-refractivity contribution >= 4 is 5.91 Å². The molecule has 1 N–H and O–H groups in total. The molecule has 1 aliphatic heterocycles. The van der Waals surface area contributed by atoms with Gasteiger partial charge in [0.05, 0.1) is 6.04 Å². The highest BCUT2D eigenvalue weighted by Crippen LogP contribution is 2.13. The zero-order valence-electron chi connectivity index (χ0n) is 11.0. The Hall–Kier alpha value is -0.570. The Morgan fingerprint density at radius 1 is 1.50 bits per heavy atom. The molecule has 2 atom stereocenters. The van der Waals surface area contributed by atoms with E-state index in [1.54, 1.807) is 0 Å². The number of carbonyl (C=O) groups excluding carboxylic acids is 1. The van der Waals surface area contributed by atoms with Gasteiger partial charge in [-0.1, -0.05) is 20.3 Å². The zero-order valence-corrected chi connectivity index (χ0v) is 11.0. The Morgan fingerprint density at radius 3 is 2.75 bits per heavy atom. The number of hydrogen-bond acceptors (Lipinski definition) is 2. The van der Waals surface area contributed by atoms with Crippen molar-refractivity contribution in [2.75, 3.05) is 13.1 Å². The molecule has 16 heavy (non-hydrogen) atoms. The Balaban J connectivity index is 2.55. The SMILES string of the molecule is CCCCN(C(=O)[C@H]1CCCN1)C(C)CC. The highest BCUT2D eigenvalue weighted by atomic mass is 16.2. The molecule has 1 aliphatic rings. The fraction of sp³-hybridized carbons (Fsp3) is 0.923. The van der Waals surface area contributed by atoms with Crippen molar-refractivity contribution in [1.82, 2.24) is 10.2 Å². The predicted molar refractivity (Wildman–Crippen MR) is 67.4 cm³/mol. The fourth-order valence-corrected chi connectivity index (χ4v) is 2.19. The molecule has 0 bridgehead atoms. The molecule has 1 saturated heterocycles. The van der Waals surface area contributed by atoms with Gasteiger partial charge in [0.1, 0.15) is 0 Å². The summed E-state index contributed by atoms with van der Waals surface area (Å²) in [6.45, 7) is 8.40. The van der Waals surface area contributed by atoms with Gasteiger partial charge < -0.3 is 10.2 Å². The Morgan fingerprint density at radius 2 is 2.25 bits per heavy atom. The summed E-state index contributed by atoms with van der Waals surface area (Å²) in [5.74, 6) is 0.320. The average molecular weight is 226 g/mol. The number of carbonyl (C=O) groups is 1. The minimum Gasteiger partial charge on any atom is -0.339 e. The van der Waals surface area contributed by atoms with E-state index < -0.39 is 0 Å². The van der Waals surface area contributed by atoms with Crippen molar-refractivity contribution in [1.29, 1.82) is 0 Å². The average Bonchev–Trinajstić information content (AvgIpc) is 2.82. The molecule has 1 rings (SSSR count). The molecule has 3 heteroatoms. The van der Waals surface area contributed by atoms with Gasteiger partial charge in [-0.15, -0.1) is 0 Å². The standard InChI is InChI=1S/C13H26N2O/c1-4-6-10-15(11(3)5-2)13(16)12-8-7-9-14-12/h11-12,14H,4-10H2,1-3H3/t11?,12-/m1/s1. The van der Waals surface area contributed by atoms with Crippen LogP contribution in [0.15, 0.2) is 0 Å². The second-order valence-electron chi connectivity index (χ2n) is 4.79. The van der Waals surface area contributed by atoms with Gasteiger partial charge in [-0.05, 0) is 39.2 Å². The normalized spacial score (nSPS) is 22.1. The molecule has 0 aliphatic carbocycles. The van der Waals surface area contributed by atoms with Crippen LogP contribution in [0.4, 0.5) is 0 Å². The maximum atomic E-state index is 12.3. The number of nitrogens with one attached hydrogen (secondary N) is 1. The lowest BCUT2D eigenvalue weighted by Gasteiger charge is -2.31. The van der Waals surface area contributed by atoms with Gasteiger partial charge in [-0.3, -0.25) is 4.79 Å². The molecule has 0 spiro atoms. The topological polar surface area (TPSA) is 32.3 Å². The first-order valence-corrected chi connectivity index (χ1v) is 6.74. The van der Waals surface area contributed by atoms with Gasteiger partial charge in [0.2, 0.25) is 5.91 Å². The minimum absolute atomic E-state index is 0.0888. The van der Waals surface area contributed by atoms with Crippen molar-refractivity contribution in [3.8, 4) is 0 Å². The van der Waals surface area contributed by atoms with Gasteiger partial charge in [0.15, 0.2) is 0 Å². The van der Waals surface area contributed by atoms with E-state index in [0.29, 0.717) is 11.9 Å². The number of rotatable bonds is 6. The molecule has 94 valence electrons. The summed E-state index contributed by atoms with van der Waals surface area (Å²) in [7, 11) is 0. The van der Waals surface area contributed by atoms with E-state index in [2.05, 4.69) is 31.0 Å². The number of amides is 1. The second-order valence-corrected chi connectivity index (χ2v) is 4.79. The quantitative estimate of drug-likeness (QED) is 0.753. The van der Waals surface area contributed by atoms with E-state index >= 15 is 0 Å². The third-order valence-electron chi connectivity index (χ3n) is 3.52. The van der Waals surface area contributed by atoms with Crippen LogP contribution in [-0.4, -0.2) is 36.0 Å². The molecule has 0 radical (unpaired) electrons. The Bertz CT molecular complexity index is 212. The molecule has 0 aromatic heterocycles. The summed E-state index contributed by atoms with van der Waals surface area (Å²) in [4.78, 5) is 14.4. The second kappa shape index (κ2) is 6.89. The van der Waals surface area contributed by atoms with Gasteiger partial charge in [0.25, 0.3) is 0 Å². The third kappa shape index (κ3) is 3.48. The lowest BCUT2D eigenvalue weighted by Crippen LogP contribution is -2.47. The van der Waals surface area contributed by atoms with Crippen LogP contribution in [0.25, 0.3) is 0 Å². The van der Waals surface area contributed by atoms with Crippen LogP contribution in [-0.2, 0) is 4.79 Å². The lowest BCUT2D eigenvalue weighted by molar-refractivity contribution is -0.135. The van der Waals surface area contributed by atoms with Crippen molar-refractivity contribution in [3.63, 3.8) is 0 Å². The maximum absolute atomic E-state index is 12.3. The van der Waals surface area contributed by atoms with Crippen LogP contribution >= 0.6 is 0 Å². The summed E-state index contributed by atoms with van der Waals surface area (Å²) in [5, 5.41) is 3.30. The van der Waals surface area contributed by atoms with Crippen molar-refractivity contribution < 1.29 is 4.79 Å². The molecular weight excluding hydrogens is 200 g/mol. The van der Waals surface area contributed by atoms with E-state index in [9.17, 15) is 4.79 Å². The van der Waals surface area contributed by atoms with Crippen molar-refractivity contribution in [2.24, 2.45) is 0 Å². The highest BCUT2D eigenvalue weighted by molar-refractivity contribution is 5.82. The molecule has 0 aromatic rings. The van der Waals surface area contributed by atoms with E-state index in [1.807, 2.05) is 0 Å². The summed E-state index contributed by atoms with van der Waals surface area (Å²) in [5.41, 5.74) is 0. The molecule has 0 aromatic carbocycles. The molecule has 1 amide bonds. The van der Waals surface area contributed by atoms with Crippen LogP contribution in [0.2, 0.25) is 0 Å². The van der Waals surface area contributed by atoms with Gasteiger partial charge >= 0.3 is 0 Å². The molecule has 1 heterocycles. The summed E-state index contributed by atoms with van der Waals surface area (Å²) >= 11 is 0. The predicted octanol–water partition coefficient (Wildman–Crippen LogP) is 2.17. The van der Waals surface area contributed by atoms with Crippen molar-refractivity contribution in [3.05, 3.63) is 0 Å². The Kier molecular flexibility index (Phi) is 5.81. The van der Waals surface area contributed by atoms with Gasteiger partial charge in [-0.2, -0.15) is 0 Å². The monoisotopic (exact) mass is 226 g/mol. The minimum atomic E-state index is 0.0888. The molecule has 1 unspecified atom stereocenters. The smallest absolute Gasteiger partial charge is 0.239 e. The lowest BCUT2D eigenvalue weighted by atomic mass is 10.1.